The van der Waals surface area contributed by atoms with E-state index < -0.39 is 0 Å². The zero-order valence-electron chi connectivity index (χ0n) is 9.59. The molecular formula is C11H21NO2. The number of rotatable bonds is 4. The molecule has 0 amide bonds. The number of hydrogen-bond donors (Lipinski definition) is 1. The summed E-state index contributed by atoms with van der Waals surface area (Å²) in [4.78, 5) is 0. The van der Waals surface area contributed by atoms with Crippen LogP contribution >= 0.6 is 0 Å². The molecule has 1 N–H and O–H groups in total. The summed E-state index contributed by atoms with van der Waals surface area (Å²) in [6.07, 6.45) is 2.71. The molecule has 1 aliphatic rings. The second-order valence-corrected chi connectivity index (χ2v) is 4.53. The summed E-state index contributed by atoms with van der Waals surface area (Å²) in [6.45, 7) is 10.6. The Labute approximate surface area is 86.5 Å². The van der Waals surface area contributed by atoms with Crippen LogP contribution in [-0.2, 0) is 9.47 Å². The molecule has 1 heterocycles. The number of hydrogen-bond acceptors (Lipinski definition) is 3. The van der Waals surface area contributed by atoms with Crippen LogP contribution in [0, 0.1) is 0 Å². The molecule has 0 bridgehead atoms. The monoisotopic (exact) mass is 199 g/mol. The normalized spacial score (nSPS) is 29.9. The Morgan fingerprint density at radius 2 is 2.36 bits per heavy atom. The summed E-state index contributed by atoms with van der Waals surface area (Å²) in [7, 11) is 1.73. The highest BCUT2D eigenvalue weighted by atomic mass is 16.5. The average molecular weight is 199 g/mol. The summed E-state index contributed by atoms with van der Waals surface area (Å²) in [5.74, 6) is 0. The highest BCUT2D eigenvalue weighted by molar-refractivity contribution is 4.99. The molecule has 0 unspecified atom stereocenters. The topological polar surface area (TPSA) is 30.5 Å². The Hall–Kier alpha value is -0.380. The maximum absolute atomic E-state index is 5.62. The van der Waals surface area contributed by atoms with Crippen molar-refractivity contribution in [1.29, 1.82) is 0 Å². The minimum Gasteiger partial charge on any atom is -0.376 e. The first kappa shape index (κ1) is 11.7. The molecule has 0 spiro atoms. The molecule has 0 aliphatic carbocycles. The maximum Gasteiger partial charge on any atom is 0.114 e. The fraction of sp³-hybridized carbons (Fsp3) is 0.818. The summed E-state index contributed by atoms with van der Waals surface area (Å²) >= 11 is 0. The molecule has 3 nitrogen and oxygen atoms in total. The van der Waals surface area contributed by atoms with E-state index in [9.17, 15) is 0 Å². The lowest BCUT2D eigenvalue weighted by molar-refractivity contribution is -0.0207. The second-order valence-electron chi connectivity index (χ2n) is 4.53. The van der Waals surface area contributed by atoms with Crippen molar-refractivity contribution < 1.29 is 9.47 Å². The Bertz CT molecular complexity index is 215. The molecule has 82 valence electrons. The highest BCUT2D eigenvalue weighted by Crippen LogP contribution is 2.27. The van der Waals surface area contributed by atoms with Crippen LogP contribution < -0.4 is 5.32 Å². The van der Waals surface area contributed by atoms with Crippen LogP contribution in [0.25, 0.3) is 0 Å². The van der Waals surface area contributed by atoms with E-state index in [-0.39, 0.29) is 17.4 Å². The summed E-state index contributed by atoms with van der Waals surface area (Å²) < 4.78 is 11.2. The van der Waals surface area contributed by atoms with Gasteiger partial charge >= 0.3 is 0 Å². The van der Waals surface area contributed by atoms with E-state index in [1.807, 2.05) is 19.9 Å². The third-order valence-electron chi connectivity index (χ3n) is 2.89. The van der Waals surface area contributed by atoms with Crippen LogP contribution in [0.15, 0.2) is 12.7 Å². The van der Waals surface area contributed by atoms with Crippen molar-refractivity contribution in [2.75, 3.05) is 13.7 Å². The first-order chi connectivity index (χ1) is 6.43. The first-order valence-electron chi connectivity index (χ1n) is 5.01. The summed E-state index contributed by atoms with van der Waals surface area (Å²) in [5.41, 5.74) is -0.471. The van der Waals surface area contributed by atoms with E-state index in [1.54, 1.807) is 7.11 Å². The largest absolute Gasteiger partial charge is 0.376 e. The lowest BCUT2D eigenvalue weighted by atomic mass is 9.93. The highest BCUT2D eigenvalue weighted by Gasteiger charge is 2.42. The minimum atomic E-state index is -0.244. The minimum absolute atomic E-state index is 0.223. The van der Waals surface area contributed by atoms with Crippen LogP contribution in [0.2, 0.25) is 0 Å². The Kier molecular flexibility index (Phi) is 3.35. The molecular weight excluding hydrogens is 178 g/mol. The predicted octanol–water partition coefficient (Wildman–Crippen LogP) is 1.69. The Morgan fingerprint density at radius 3 is 2.71 bits per heavy atom. The zero-order chi connectivity index (χ0) is 10.8. The second kappa shape index (κ2) is 4.01. The maximum atomic E-state index is 5.62. The van der Waals surface area contributed by atoms with Crippen LogP contribution in [0.4, 0.5) is 0 Å². The quantitative estimate of drug-likeness (QED) is 0.699. The van der Waals surface area contributed by atoms with Gasteiger partial charge in [0.2, 0.25) is 0 Å². The summed E-state index contributed by atoms with van der Waals surface area (Å²) in [6, 6.07) is 0.223. The molecule has 1 aliphatic heterocycles. The van der Waals surface area contributed by atoms with Crippen LogP contribution in [0.1, 0.15) is 27.2 Å². The molecule has 0 aromatic carbocycles. The van der Waals surface area contributed by atoms with Crippen molar-refractivity contribution in [1.82, 2.24) is 5.32 Å². The van der Waals surface area contributed by atoms with Crippen molar-refractivity contribution in [2.24, 2.45) is 0 Å². The van der Waals surface area contributed by atoms with Crippen LogP contribution in [-0.4, -0.2) is 31.1 Å². The number of nitrogens with one attached hydrogen (secondary N) is 1. The van der Waals surface area contributed by atoms with Gasteiger partial charge in [0.15, 0.2) is 0 Å². The molecule has 0 aromatic rings. The fourth-order valence-electron chi connectivity index (χ4n) is 1.78. The fourth-order valence-corrected chi connectivity index (χ4v) is 1.78. The molecule has 14 heavy (non-hydrogen) atoms. The van der Waals surface area contributed by atoms with Gasteiger partial charge in [-0.3, -0.25) is 5.32 Å². The average Bonchev–Trinajstić information content (AvgIpc) is 2.47. The molecule has 0 aromatic heterocycles. The summed E-state index contributed by atoms with van der Waals surface area (Å²) in [5, 5.41) is 3.41. The number of ether oxygens (including phenoxy) is 2. The van der Waals surface area contributed by atoms with Gasteiger partial charge in [0.05, 0.1) is 18.2 Å². The van der Waals surface area contributed by atoms with Crippen molar-refractivity contribution >= 4 is 0 Å². The van der Waals surface area contributed by atoms with Gasteiger partial charge in [-0.15, -0.1) is 6.58 Å². The Morgan fingerprint density at radius 1 is 1.71 bits per heavy atom. The van der Waals surface area contributed by atoms with Crippen LogP contribution in [0.3, 0.4) is 0 Å². The first-order valence-corrected chi connectivity index (χ1v) is 5.01. The van der Waals surface area contributed by atoms with E-state index >= 15 is 0 Å². The van der Waals surface area contributed by atoms with Gasteiger partial charge in [0.25, 0.3) is 0 Å². The van der Waals surface area contributed by atoms with Crippen molar-refractivity contribution in [3.05, 3.63) is 12.7 Å². The van der Waals surface area contributed by atoms with Gasteiger partial charge in [-0.1, -0.05) is 6.08 Å². The SMILES string of the molecule is C=CC[C@](C)(OC)[C@H]1COC(C)(C)N1. The smallest absolute Gasteiger partial charge is 0.114 e. The lowest BCUT2D eigenvalue weighted by Crippen LogP contribution is -2.51. The van der Waals surface area contributed by atoms with E-state index in [2.05, 4.69) is 18.8 Å². The van der Waals surface area contributed by atoms with Gasteiger partial charge < -0.3 is 9.47 Å². The van der Waals surface area contributed by atoms with Gasteiger partial charge in [0, 0.05) is 7.11 Å². The molecule has 1 saturated heterocycles. The molecule has 2 atom stereocenters. The van der Waals surface area contributed by atoms with Crippen molar-refractivity contribution in [3.8, 4) is 0 Å². The molecule has 0 saturated carbocycles. The van der Waals surface area contributed by atoms with E-state index in [1.165, 1.54) is 0 Å². The van der Waals surface area contributed by atoms with Gasteiger partial charge in [-0.2, -0.15) is 0 Å². The lowest BCUT2D eigenvalue weighted by Gasteiger charge is -2.33. The predicted molar refractivity (Wildman–Crippen MR) is 57.2 cm³/mol. The van der Waals surface area contributed by atoms with Gasteiger partial charge in [0.1, 0.15) is 5.72 Å². The van der Waals surface area contributed by atoms with E-state index in [4.69, 9.17) is 9.47 Å². The zero-order valence-corrected chi connectivity index (χ0v) is 9.59. The molecule has 0 radical (unpaired) electrons. The third-order valence-corrected chi connectivity index (χ3v) is 2.89. The van der Waals surface area contributed by atoms with Gasteiger partial charge in [-0.05, 0) is 27.2 Å². The van der Waals surface area contributed by atoms with E-state index in [0.717, 1.165) is 6.42 Å². The molecule has 1 rings (SSSR count). The van der Waals surface area contributed by atoms with Crippen molar-refractivity contribution in [3.63, 3.8) is 0 Å². The third kappa shape index (κ3) is 2.35. The van der Waals surface area contributed by atoms with Crippen LogP contribution in [0.5, 0.6) is 0 Å². The molecule has 3 heteroatoms. The van der Waals surface area contributed by atoms with E-state index in [0.29, 0.717) is 6.61 Å². The van der Waals surface area contributed by atoms with Crippen molar-refractivity contribution in [2.45, 2.75) is 44.6 Å². The number of methoxy groups -OCH3 is 1. The standard InChI is InChI=1S/C11H21NO2/c1-6-7-11(4,13-5)9-8-14-10(2,3)12-9/h6,9,12H,1,7-8H2,2-5H3/t9-,11+/m1/s1. The Balaban J connectivity index is 2.67. The van der Waals surface area contributed by atoms with Gasteiger partial charge in [-0.25, -0.2) is 0 Å². The molecule has 1 fully saturated rings.